The van der Waals surface area contributed by atoms with Crippen LogP contribution in [0, 0.1) is 6.92 Å². The molecular formula is C20H19BrN4O2. The fourth-order valence-electron chi connectivity index (χ4n) is 3.51. The zero-order valence-corrected chi connectivity index (χ0v) is 16.5. The van der Waals surface area contributed by atoms with E-state index in [9.17, 15) is 9.59 Å². The number of H-pyrrole nitrogens is 1. The third-order valence-electron chi connectivity index (χ3n) is 4.87. The van der Waals surface area contributed by atoms with E-state index >= 15 is 0 Å². The molecule has 0 bridgehead atoms. The Morgan fingerprint density at radius 2 is 2.04 bits per heavy atom. The van der Waals surface area contributed by atoms with Crippen molar-refractivity contribution in [1.82, 2.24) is 14.8 Å². The number of Topliss-reactive ketones (excluding diaryl/α,β-unsaturated/α-hetero) is 1. The normalized spacial score (nSPS) is 13.5. The van der Waals surface area contributed by atoms with Gasteiger partial charge in [-0.05, 0) is 43.0 Å². The van der Waals surface area contributed by atoms with Crippen molar-refractivity contribution in [2.24, 2.45) is 0 Å². The molecule has 3 aromatic rings. The summed E-state index contributed by atoms with van der Waals surface area (Å²) in [5.41, 5.74) is 3.82. The van der Waals surface area contributed by atoms with Gasteiger partial charge in [-0.3, -0.25) is 9.59 Å². The maximum absolute atomic E-state index is 12.8. The summed E-state index contributed by atoms with van der Waals surface area (Å²) in [5, 5.41) is 7.22. The molecule has 0 fully saturated rings. The maximum atomic E-state index is 12.8. The van der Waals surface area contributed by atoms with Crippen molar-refractivity contribution in [2.45, 2.75) is 32.7 Å². The van der Waals surface area contributed by atoms with Crippen molar-refractivity contribution in [2.75, 3.05) is 5.32 Å². The van der Waals surface area contributed by atoms with Crippen LogP contribution >= 0.6 is 15.9 Å². The van der Waals surface area contributed by atoms with Gasteiger partial charge >= 0.3 is 0 Å². The first kappa shape index (κ1) is 17.7. The molecule has 2 aromatic heterocycles. The van der Waals surface area contributed by atoms with E-state index in [4.69, 9.17) is 0 Å². The third-order valence-corrected chi connectivity index (χ3v) is 5.40. The van der Waals surface area contributed by atoms with Crippen molar-refractivity contribution in [3.8, 4) is 0 Å². The summed E-state index contributed by atoms with van der Waals surface area (Å²) in [5.74, 6) is 0.470. The number of aromatic amines is 1. The van der Waals surface area contributed by atoms with Crippen LogP contribution in [0.4, 0.5) is 5.82 Å². The average Bonchev–Trinajstić information content (AvgIpc) is 3.22. The van der Waals surface area contributed by atoms with Crippen LogP contribution in [-0.2, 0) is 13.0 Å². The first-order chi connectivity index (χ1) is 13.0. The molecule has 0 spiro atoms. The molecule has 0 radical (unpaired) electrons. The number of carbonyl (C=O) groups excluding carboxylic acids is 2. The molecule has 0 saturated heterocycles. The van der Waals surface area contributed by atoms with Gasteiger partial charge in [0.25, 0.3) is 5.91 Å². The van der Waals surface area contributed by atoms with Gasteiger partial charge in [0, 0.05) is 28.2 Å². The summed E-state index contributed by atoms with van der Waals surface area (Å²) in [4.78, 5) is 28.1. The minimum absolute atomic E-state index is 0.115. The highest BCUT2D eigenvalue weighted by Crippen LogP contribution is 2.27. The van der Waals surface area contributed by atoms with Crippen molar-refractivity contribution >= 4 is 33.4 Å². The molecule has 0 unspecified atom stereocenters. The van der Waals surface area contributed by atoms with Gasteiger partial charge in [-0.25, -0.2) is 4.68 Å². The lowest BCUT2D eigenvalue weighted by Gasteiger charge is -2.10. The van der Waals surface area contributed by atoms with Gasteiger partial charge in [0.05, 0.1) is 12.7 Å². The molecule has 1 aliphatic rings. The van der Waals surface area contributed by atoms with E-state index in [2.05, 4.69) is 31.3 Å². The summed E-state index contributed by atoms with van der Waals surface area (Å²) < 4.78 is 2.76. The van der Waals surface area contributed by atoms with Crippen molar-refractivity contribution in [1.29, 1.82) is 0 Å². The Labute approximate surface area is 165 Å². The number of aromatic nitrogens is 3. The topological polar surface area (TPSA) is 79.8 Å². The number of benzene rings is 1. The third kappa shape index (κ3) is 3.47. The van der Waals surface area contributed by atoms with Crippen LogP contribution < -0.4 is 5.32 Å². The summed E-state index contributed by atoms with van der Waals surface area (Å²) in [7, 11) is 0. The van der Waals surface area contributed by atoms with Crippen molar-refractivity contribution in [3.05, 3.63) is 69.1 Å². The monoisotopic (exact) mass is 426 g/mol. The van der Waals surface area contributed by atoms with Crippen LogP contribution in [0.15, 0.2) is 41.0 Å². The molecule has 4 rings (SSSR count). The number of ketones is 1. The zero-order valence-electron chi connectivity index (χ0n) is 14.9. The van der Waals surface area contributed by atoms with Crippen LogP contribution in [0.2, 0.25) is 0 Å². The fourth-order valence-corrected chi connectivity index (χ4v) is 3.77. The fraction of sp³-hybridized carbons (Fsp3) is 0.250. The van der Waals surface area contributed by atoms with Gasteiger partial charge < -0.3 is 10.3 Å². The molecule has 2 heterocycles. The van der Waals surface area contributed by atoms with E-state index < -0.39 is 0 Å². The van der Waals surface area contributed by atoms with E-state index in [-0.39, 0.29) is 11.7 Å². The Morgan fingerprint density at radius 3 is 2.78 bits per heavy atom. The van der Waals surface area contributed by atoms with E-state index in [1.54, 1.807) is 16.9 Å². The number of nitrogens with zero attached hydrogens (tertiary/aromatic N) is 2. The largest absolute Gasteiger partial charge is 0.354 e. The molecule has 27 heavy (non-hydrogen) atoms. The lowest BCUT2D eigenvalue weighted by molar-refractivity contribution is 0.0971. The number of hydrogen-bond acceptors (Lipinski definition) is 3. The summed E-state index contributed by atoms with van der Waals surface area (Å²) >= 11 is 3.42. The number of nitrogens with one attached hydrogen (secondary N) is 2. The molecule has 1 aliphatic carbocycles. The second-order valence-corrected chi connectivity index (χ2v) is 7.63. The SMILES string of the molecule is Cc1c(C(=O)Nc2ccnn2Cc2ccc(Br)cc2)[nH]c2c1C(=O)CCC2. The maximum Gasteiger partial charge on any atom is 0.273 e. The van der Waals surface area contributed by atoms with E-state index in [0.717, 1.165) is 34.1 Å². The Bertz CT molecular complexity index is 1020. The highest BCUT2D eigenvalue weighted by molar-refractivity contribution is 9.10. The molecule has 1 amide bonds. The summed E-state index contributed by atoms with van der Waals surface area (Å²) in [6.45, 7) is 2.38. The quantitative estimate of drug-likeness (QED) is 0.658. The van der Waals surface area contributed by atoms with Gasteiger partial charge in [-0.15, -0.1) is 0 Å². The Kier molecular flexibility index (Phi) is 4.70. The molecule has 6 nitrogen and oxygen atoms in total. The molecule has 2 N–H and O–H groups in total. The van der Waals surface area contributed by atoms with E-state index in [1.165, 1.54) is 0 Å². The standard InChI is InChI=1S/C20H19BrN4O2/c1-12-18-15(3-2-4-16(18)26)23-19(12)20(27)24-17-9-10-22-25(17)11-13-5-7-14(21)8-6-13/h5-10,23H,2-4,11H2,1H3,(H,24,27). The highest BCUT2D eigenvalue weighted by Gasteiger charge is 2.26. The highest BCUT2D eigenvalue weighted by atomic mass is 79.9. The lowest BCUT2D eigenvalue weighted by Crippen LogP contribution is -2.17. The first-order valence-electron chi connectivity index (χ1n) is 8.85. The molecule has 1 aromatic carbocycles. The van der Waals surface area contributed by atoms with Crippen LogP contribution in [-0.4, -0.2) is 26.5 Å². The number of hydrogen-bond donors (Lipinski definition) is 2. The predicted molar refractivity (Wildman–Crippen MR) is 106 cm³/mol. The second-order valence-electron chi connectivity index (χ2n) is 6.71. The Hall–Kier alpha value is -2.67. The van der Waals surface area contributed by atoms with Gasteiger partial charge in [0.1, 0.15) is 11.5 Å². The van der Waals surface area contributed by atoms with Crippen molar-refractivity contribution in [3.63, 3.8) is 0 Å². The van der Waals surface area contributed by atoms with Crippen LogP contribution in [0.1, 0.15) is 50.5 Å². The summed E-state index contributed by atoms with van der Waals surface area (Å²) in [6, 6.07) is 9.72. The number of carbonyl (C=O) groups is 2. The lowest BCUT2D eigenvalue weighted by atomic mass is 9.94. The second kappa shape index (κ2) is 7.15. The first-order valence-corrected chi connectivity index (χ1v) is 9.64. The molecule has 0 aliphatic heterocycles. The van der Waals surface area contributed by atoms with Gasteiger partial charge in [0.15, 0.2) is 5.78 Å². The molecule has 0 saturated carbocycles. The Morgan fingerprint density at radius 1 is 1.26 bits per heavy atom. The average molecular weight is 427 g/mol. The number of amides is 1. The van der Waals surface area contributed by atoms with Crippen molar-refractivity contribution < 1.29 is 9.59 Å². The van der Waals surface area contributed by atoms with Gasteiger partial charge in [0.2, 0.25) is 0 Å². The van der Waals surface area contributed by atoms with Crippen LogP contribution in [0.5, 0.6) is 0 Å². The van der Waals surface area contributed by atoms with E-state index in [1.807, 2.05) is 31.2 Å². The molecular weight excluding hydrogens is 408 g/mol. The van der Waals surface area contributed by atoms with Gasteiger partial charge in [-0.2, -0.15) is 5.10 Å². The molecule has 138 valence electrons. The number of fused-ring (bicyclic) bond motifs is 1. The minimum Gasteiger partial charge on any atom is -0.354 e. The zero-order chi connectivity index (χ0) is 19.0. The van der Waals surface area contributed by atoms with E-state index in [0.29, 0.717) is 30.0 Å². The summed E-state index contributed by atoms with van der Waals surface area (Å²) in [6.07, 6.45) is 3.83. The molecule has 0 atom stereocenters. The Balaban J connectivity index is 1.55. The number of rotatable bonds is 4. The number of aryl methyl sites for hydroxylation is 1. The van der Waals surface area contributed by atoms with Crippen LogP contribution in [0.3, 0.4) is 0 Å². The number of halogens is 1. The van der Waals surface area contributed by atoms with Crippen LogP contribution in [0.25, 0.3) is 0 Å². The van der Waals surface area contributed by atoms with Gasteiger partial charge in [-0.1, -0.05) is 28.1 Å². The number of anilines is 1. The minimum atomic E-state index is -0.257. The smallest absolute Gasteiger partial charge is 0.273 e. The molecule has 7 heteroatoms. The predicted octanol–water partition coefficient (Wildman–Crippen LogP) is 4.10.